The molecular weight excluding hydrogens is 342 g/mol. The van der Waals surface area contributed by atoms with Gasteiger partial charge in [-0.1, -0.05) is 5.92 Å². The van der Waals surface area contributed by atoms with E-state index in [-0.39, 0.29) is 0 Å². The summed E-state index contributed by atoms with van der Waals surface area (Å²) in [5, 5.41) is 19.4. The van der Waals surface area contributed by atoms with Gasteiger partial charge in [-0.05, 0) is 12.8 Å². The lowest BCUT2D eigenvalue weighted by molar-refractivity contribution is 0.580. The molecule has 5 rings (SSSR count). The lowest BCUT2D eigenvalue weighted by Gasteiger charge is -2.27. The van der Waals surface area contributed by atoms with Crippen molar-refractivity contribution in [3.05, 3.63) is 18.0 Å². The molecule has 2 aliphatic rings. The fourth-order valence-corrected chi connectivity index (χ4v) is 3.37. The van der Waals surface area contributed by atoms with Crippen LogP contribution in [0.5, 0.6) is 0 Å². The van der Waals surface area contributed by atoms with Crippen LogP contribution in [-0.2, 0) is 6.54 Å². The van der Waals surface area contributed by atoms with Crippen molar-refractivity contribution in [3.8, 4) is 12.3 Å². The van der Waals surface area contributed by atoms with Crippen LogP contribution in [0.15, 0.2) is 12.3 Å². The van der Waals surface area contributed by atoms with Crippen molar-refractivity contribution in [2.24, 2.45) is 0 Å². The second kappa shape index (κ2) is 6.55. The molecule has 0 unspecified atom stereocenters. The van der Waals surface area contributed by atoms with E-state index in [9.17, 15) is 0 Å². The van der Waals surface area contributed by atoms with E-state index in [4.69, 9.17) is 16.4 Å². The predicted molar refractivity (Wildman–Crippen MR) is 103 cm³/mol. The first kappa shape index (κ1) is 16.1. The molecular formula is C18H21N9. The number of terminal acetylenes is 1. The molecule has 0 atom stereocenters. The zero-order valence-corrected chi connectivity index (χ0v) is 14.9. The fourth-order valence-electron chi connectivity index (χ4n) is 3.37. The van der Waals surface area contributed by atoms with Crippen molar-refractivity contribution in [1.29, 1.82) is 0 Å². The zero-order valence-electron chi connectivity index (χ0n) is 14.9. The van der Waals surface area contributed by atoms with E-state index >= 15 is 0 Å². The monoisotopic (exact) mass is 363 g/mol. The molecule has 0 amide bonds. The molecule has 0 aromatic carbocycles. The average Bonchev–Trinajstić information content (AvgIpc) is 3.32. The van der Waals surface area contributed by atoms with Gasteiger partial charge in [0.15, 0.2) is 11.5 Å². The van der Waals surface area contributed by atoms with E-state index in [0.29, 0.717) is 24.2 Å². The number of H-pyrrole nitrogens is 1. The van der Waals surface area contributed by atoms with Gasteiger partial charge in [0.2, 0.25) is 5.95 Å². The molecule has 0 spiro atoms. The minimum atomic E-state index is 0.370. The van der Waals surface area contributed by atoms with Crippen LogP contribution in [0.1, 0.15) is 24.5 Å². The van der Waals surface area contributed by atoms with E-state index in [1.54, 1.807) is 10.9 Å². The van der Waals surface area contributed by atoms with Gasteiger partial charge in [0.1, 0.15) is 12.4 Å². The maximum atomic E-state index is 5.49. The summed E-state index contributed by atoms with van der Waals surface area (Å²) >= 11 is 0. The Balaban J connectivity index is 1.54. The van der Waals surface area contributed by atoms with Crippen molar-refractivity contribution >= 4 is 28.6 Å². The maximum absolute atomic E-state index is 5.49. The summed E-state index contributed by atoms with van der Waals surface area (Å²) in [6.45, 7) is 3.93. The third kappa shape index (κ3) is 3.08. The van der Waals surface area contributed by atoms with E-state index in [2.05, 4.69) is 42.8 Å². The number of aromatic amines is 1. The second-order valence-corrected chi connectivity index (χ2v) is 6.96. The van der Waals surface area contributed by atoms with Crippen LogP contribution in [0, 0.1) is 12.3 Å². The molecule has 4 heterocycles. The highest BCUT2D eigenvalue weighted by molar-refractivity contribution is 5.89. The minimum absolute atomic E-state index is 0.370. The molecule has 138 valence electrons. The van der Waals surface area contributed by atoms with Gasteiger partial charge in [-0.2, -0.15) is 20.2 Å². The molecule has 3 aromatic rings. The van der Waals surface area contributed by atoms with E-state index in [1.807, 2.05) is 0 Å². The van der Waals surface area contributed by atoms with Crippen molar-refractivity contribution in [3.63, 3.8) is 0 Å². The SMILES string of the molecule is C#CCn1ncc2c(Nc3cc(C4CC4)[nH]n3)nc(N3CCNCC3)nc21. The normalized spacial score (nSPS) is 17.2. The largest absolute Gasteiger partial charge is 0.338 e. The van der Waals surface area contributed by atoms with Gasteiger partial charge < -0.3 is 15.5 Å². The zero-order chi connectivity index (χ0) is 18.2. The van der Waals surface area contributed by atoms with Gasteiger partial charge >= 0.3 is 0 Å². The molecule has 0 radical (unpaired) electrons. The van der Waals surface area contributed by atoms with Gasteiger partial charge in [-0.25, -0.2) is 4.68 Å². The molecule has 27 heavy (non-hydrogen) atoms. The number of aromatic nitrogens is 6. The summed E-state index contributed by atoms with van der Waals surface area (Å²) < 4.78 is 1.73. The van der Waals surface area contributed by atoms with Crippen LogP contribution in [0.3, 0.4) is 0 Å². The van der Waals surface area contributed by atoms with E-state index in [0.717, 1.165) is 43.0 Å². The lowest BCUT2D eigenvalue weighted by atomic mass is 10.3. The summed E-state index contributed by atoms with van der Waals surface area (Å²) in [7, 11) is 0. The van der Waals surface area contributed by atoms with Crippen molar-refractivity contribution in [2.45, 2.75) is 25.3 Å². The van der Waals surface area contributed by atoms with Gasteiger partial charge in [0.25, 0.3) is 0 Å². The number of fused-ring (bicyclic) bond motifs is 1. The molecule has 3 aromatic heterocycles. The highest BCUT2D eigenvalue weighted by Gasteiger charge is 2.26. The Hall–Kier alpha value is -3.12. The number of nitrogens with zero attached hydrogens (tertiary/aromatic N) is 6. The molecule has 3 N–H and O–H groups in total. The summed E-state index contributed by atoms with van der Waals surface area (Å²) in [6.07, 6.45) is 9.70. The Morgan fingerprint density at radius 2 is 2.11 bits per heavy atom. The van der Waals surface area contributed by atoms with Crippen molar-refractivity contribution in [1.82, 2.24) is 35.3 Å². The van der Waals surface area contributed by atoms with Crippen LogP contribution < -0.4 is 15.5 Å². The predicted octanol–water partition coefficient (Wildman–Crippen LogP) is 1.21. The fraction of sp³-hybridized carbons (Fsp3) is 0.444. The first-order valence-corrected chi connectivity index (χ1v) is 9.27. The number of nitrogens with one attached hydrogen (secondary N) is 3. The number of rotatable bonds is 5. The van der Waals surface area contributed by atoms with Gasteiger partial charge in [0, 0.05) is 43.9 Å². The number of anilines is 3. The molecule has 1 aliphatic carbocycles. The quantitative estimate of drug-likeness (QED) is 0.586. The van der Waals surface area contributed by atoms with Crippen LogP contribution >= 0.6 is 0 Å². The van der Waals surface area contributed by atoms with Gasteiger partial charge in [-0.15, -0.1) is 6.42 Å². The number of piperazine rings is 1. The molecule has 9 heteroatoms. The third-order valence-corrected chi connectivity index (χ3v) is 4.99. The Labute approximate surface area is 156 Å². The van der Waals surface area contributed by atoms with Crippen LogP contribution in [-0.4, -0.2) is 56.1 Å². The van der Waals surface area contributed by atoms with Crippen LogP contribution in [0.2, 0.25) is 0 Å². The molecule has 9 nitrogen and oxygen atoms in total. The Morgan fingerprint density at radius 1 is 1.26 bits per heavy atom. The standard InChI is InChI=1S/C18H21N9/c1-2-7-27-17-13(11-20-27)16(21-15-10-14(24-25-15)12-3-4-12)22-18(23-17)26-8-5-19-6-9-26/h1,10-12,19H,3-9H2,(H2,21,22,23,24,25). The Morgan fingerprint density at radius 3 is 2.89 bits per heavy atom. The first-order valence-electron chi connectivity index (χ1n) is 9.27. The minimum Gasteiger partial charge on any atom is -0.338 e. The van der Waals surface area contributed by atoms with Gasteiger partial charge in [0.05, 0.1) is 11.6 Å². The van der Waals surface area contributed by atoms with Gasteiger partial charge in [-0.3, -0.25) is 5.10 Å². The molecule has 0 bridgehead atoms. The number of hydrogen-bond acceptors (Lipinski definition) is 7. The topological polar surface area (TPSA) is 99.6 Å². The first-order chi connectivity index (χ1) is 13.3. The summed E-state index contributed by atoms with van der Waals surface area (Å²) in [6, 6.07) is 2.06. The number of hydrogen-bond donors (Lipinski definition) is 3. The Kier molecular flexibility index (Phi) is 3.90. The van der Waals surface area contributed by atoms with Crippen molar-refractivity contribution < 1.29 is 0 Å². The van der Waals surface area contributed by atoms with Crippen molar-refractivity contribution in [2.75, 3.05) is 36.4 Å². The molecule has 2 fully saturated rings. The molecule has 1 aliphatic heterocycles. The molecule has 1 saturated heterocycles. The highest BCUT2D eigenvalue weighted by atomic mass is 15.3. The second-order valence-electron chi connectivity index (χ2n) is 6.96. The third-order valence-electron chi connectivity index (χ3n) is 4.99. The van der Waals surface area contributed by atoms with E-state index in [1.165, 1.54) is 18.5 Å². The van der Waals surface area contributed by atoms with Crippen LogP contribution in [0.25, 0.3) is 11.0 Å². The Bertz CT molecular complexity index is 1000. The average molecular weight is 363 g/mol. The summed E-state index contributed by atoms with van der Waals surface area (Å²) in [4.78, 5) is 11.7. The lowest BCUT2D eigenvalue weighted by Crippen LogP contribution is -2.44. The smallest absolute Gasteiger partial charge is 0.229 e. The summed E-state index contributed by atoms with van der Waals surface area (Å²) in [5.74, 6) is 5.39. The molecule has 1 saturated carbocycles. The highest BCUT2D eigenvalue weighted by Crippen LogP contribution is 2.39. The van der Waals surface area contributed by atoms with Crippen LogP contribution in [0.4, 0.5) is 17.6 Å². The van der Waals surface area contributed by atoms with E-state index < -0.39 is 0 Å². The maximum Gasteiger partial charge on any atom is 0.229 e. The summed E-state index contributed by atoms with van der Waals surface area (Å²) in [5.41, 5.74) is 1.91.